The number of likely N-dealkylation sites (tertiary alicyclic amines) is 1. The Labute approximate surface area is 93.2 Å². The third-order valence-electron chi connectivity index (χ3n) is 3.22. The average molecular weight is 261 g/mol. The number of likely N-dealkylation sites (N-methyl/N-ethyl adjacent to an activating group) is 1. The van der Waals surface area contributed by atoms with Crippen LogP contribution in [0.3, 0.4) is 0 Å². The van der Waals surface area contributed by atoms with Gasteiger partial charge < -0.3 is 5.32 Å². The molecular weight excluding hydrogens is 244 g/mol. The molecule has 0 radical (unpaired) electrons. The van der Waals surface area contributed by atoms with E-state index in [0.717, 1.165) is 10.3 Å². The van der Waals surface area contributed by atoms with Crippen LogP contribution in [0.5, 0.6) is 0 Å². The number of nitrogens with one attached hydrogen (secondary N) is 1. The van der Waals surface area contributed by atoms with Gasteiger partial charge in [-0.25, -0.2) is 5.84 Å². The zero-order valence-electron chi connectivity index (χ0n) is 8.63. The highest BCUT2D eigenvalue weighted by atomic mass is 79.9. The first-order valence-electron chi connectivity index (χ1n) is 4.98. The fourth-order valence-electron chi connectivity index (χ4n) is 2.24. The van der Waals surface area contributed by atoms with E-state index < -0.39 is 0 Å². The van der Waals surface area contributed by atoms with Gasteiger partial charge in [-0.2, -0.15) is 0 Å². The van der Waals surface area contributed by atoms with Gasteiger partial charge in [-0.15, -0.1) is 0 Å². The van der Waals surface area contributed by atoms with E-state index in [0.29, 0.717) is 6.04 Å². The zero-order chi connectivity index (χ0) is 10.3. The van der Waals surface area contributed by atoms with Crippen LogP contribution in [-0.4, -0.2) is 35.7 Å². The van der Waals surface area contributed by atoms with Gasteiger partial charge in [0.05, 0.1) is 5.70 Å². The summed E-state index contributed by atoms with van der Waals surface area (Å²) in [5, 5.41) is 5.21. The summed E-state index contributed by atoms with van der Waals surface area (Å²) in [6.45, 7) is 3.19. The quantitative estimate of drug-likeness (QED) is 0.540. The monoisotopic (exact) mass is 260 g/mol. The van der Waals surface area contributed by atoms with Crippen molar-refractivity contribution in [2.45, 2.75) is 32.0 Å². The van der Waals surface area contributed by atoms with Crippen LogP contribution < -0.4 is 11.2 Å². The molecule has 3 N–H and O–H groups in total. The summed E-state index contributed by atoms with van der Waals surface area (Å²) in [5.41, 5.74) is 1.08. The molecule has 0 aromatic carbocycles. The SMILES string of the molecule is CC1=C(Br)NC([C@@H]2CCCN2C)N1N. The molecule has 5 heteroatoms. The van der Waals surface area contributed by atoms with E-state index in [-0.39, 0.29) is 6.17 Å². The molecule has 0 saturated carbocycles. The smallest absolute Gasteiger partial charge is 0.130 e. The lowest BCUT2D eigenvalue weighted by Crippen LogP contribution is -2.53. The Morgan fingerprint density at radius 2 is 2.29 bits per heavy atom. The summed E-state index contributed by atoms with van der Waals surface area (Å²) in [6, 6.07) is 0.519. The molecular formula is C9H17BrN4. The normalized spacial score (nSPS) is 34.1. The molecule has 80 valence electrons. The molecule has 1 saturated heterocycles. The van der Waals surface area contributed by atoms with E-state index in [4.69, 9.17) is 5.84 Å². The average Bonchev–Trinajstić information content (AvgIpc) is 2.66. The number of nitrogens with two attached hydrogens (primary N) is 1. The molecule has 0 amide bonds. The lowest BCUT2D eigenvalue weighted by molar-refractivity contribution is 0.149. The van der Waals surface area contributed by atoms with Crippen LogP contribution in [-0.2, 0) is 0 Å². The molecule has 1 unspecified atom stereocenters. The Balaban J connectivity index is 2.08. The number of hydrogen-bond donors (Lipinski definition) is 2. The number of hydrogen-bond acceptors (Lipinski definition) is 4. The molecule has 2 heterocycles. The van der Waals surface area contributed by atoms with Crippen molar-refractivity contribution in [2.24, 2.45) is 5.84 Å². The maximum atomic E-state index is 6.01. The molecule has 2 rings (SSSR count). The molecule has 0 bridgehead atoms. The van der Waals surface area contributed by atoms with Crippen LogP contribution in [0.1, 0.15) is 19.8 Å². The van der Waals surface area contributed by atoms with Crippen molar-refractivity contribution < 1.29 is 0 Å². The summed E-state index contributed by atoms with van der Waals surface area (Å²) < 4.78 is 1.02. The Morgan fingerprint density at radius 3 is 2.71 bits per heavy atom. The fraction of sp³-hybridized carbons (Fsp3) is 0.778. The van der Waals surface area contributed by atoms with E-state index >= 15 is 0 Å². The first-order valence-corrected chi connectivity index (χ1v) is 5.77. The molecule has 0 aromatic heterocycles. The van der Waals surface area contributed by atoms with Gasteiger partial charge in [0.2, 0.25) is 0 Å². The van der Waals surface area contributed by atoms with Crippen LogP contribution in [0.4, 0.5) is 0 Å². The highest BCUT2D eigenvalue weighted by Gasteiger charge is 2.36. The van der Waals surface area contributed by atoms with Crippen molar-refractivity contribution in [1.82, 2.24) is 15.2 Å². The highest BCUT2D eigenvalue weighted by Crippen LogP contribution is 2.27. The number of rotatable bonds is 1. The van der Waals surface area contributed by atoms with E-state index in [9.17, 15) is 0 Å². The minimum Gasteiger partial charge on any atom is -0.356 e. The molecule has 0 aromatic rings. The lowest BCUT2D eigenvalue weighted by Gasteiger charge is -2.32. The Bertz CT molecular complexity index is 266. The van der Waals surface area contributed by atoms with E-state index in [2.05, 4.69) is 33.2 Å². The number of halogens is 1. The molecule has 1 fully saturated rings. The highest BCUT2D eigenvalue weighted by molar-refractivity contribution is 9.11. The van der Waals surface area contributed by atoms with E-state index in [1.165, 1.54) is 19.4 Å². The number of nitrogens with zero attached hydrogens (tertiary/aromatic N) is 2. The van der Waals surface area contributed by atoms with Gasteiger partial charge in [-0.1, -0.05) is 0 Å². The number of hydrazine groups is 1. The molecule has 0 spiro atoms. The predicted molar refractivity (Wildman–Crippen MR) is 60.2 cm³/mol. The summed E-state index contributed by atoms with van der Waals surface area (Å²) in [5.74, 6) is 6.01. The van der Waals surface area contributed by atoms with Crippen molar-refractivity contribution in [3.8, 4) is 0 Å². The second-order valence-electron chi connectivity index (χ2n) is 4.09. The first-order chi connectivity index (χ1) is 6.61. The summed E-state index contributed by atoms with van der Waals surface area (Å²) in [4.78, 5) is 2.37. The van der Waals surface area contributed by atoms with E-state index in [1.807, 2.05) is 11.9 Å². The van der Waals surface area contributed by atoms with Crippen molar-refractivity contribution in [1.29, 1.82) is 0 Å². The van der Waals surface area contributed by atoms with E-state index in [1.54, 1.807) is 0 Å². The molecule has 2 aliphatic heterocycles. The Kier molecular flexibility index (Phi) is 2.72. The zero-order valence-corrected chi connectivity index (χ0v) is 10.2. The third-order valence-corrected chi connectivity index (χ3v) is 4.02. The van der Waals surface area contributed by atoms with Crippen molar-refractivity contribution in [3.63, 3.8) is 0 Å². The van der Waals surface area contributed by atoms with Crippen LogP contribution in [0.15, 0.2) is 10.3 Å². The molecule has 2 aliphatic rings. The van der Waals surface area contributed by atoms with Gasteiger partial charge in [-0.3, -0.25) is 9.91 Å². The van der Waals surface area contributed by atoms with Gasteiger partial charge >= 0.3 is 0 Å². The van der Waals surface area contributed by atoms with Crippen LogP contribution in [0.25, 0.3) is 0 Å². The maximum Gasteiger partial charge on any atom is 0.130 e. The Morgan fingerprint density at radius 1 is 1.57 bits per heavy atom. The van der Waals surface area contributed by atoms with Crippen molar-refractivity contribution in [2.75, 3.05) is 13.6 Å². The third kappa shape index (κ3) is 1.53. The Hall–Kier alpha value is -0.260. The number of allylic oxidation sites excluding steroid dienone is 1. The summed E-state index contributed by atoms with van der Waals surface area (Å²) in [7, 11) is 2.16. The van der Waals surface area contributed by atoms with Gasteiger partial charge in [0, 0.05) is 6.04 Å². The maximum absolute atomic E-state index is 6.01. The predicted octanol–water partition coefficient (Wildman–Crippen LogP) is 0.769. The van der Waals surface area contributed by atoms with Gasteiger partial charge in [0.25, 0.3) is 0 Å². The topological polar surface area (TPSA) is 44.5 Å². The van der Waals surface area contributed by atoms with Crippen LogP contribution >= 0.6 is 15.9 Å². The molecule has 4 nitrogen and oxygen atoms in total. The summed E-state index contributed by atoms with van der Waals surface area (Å²) in [6.07, 6.45) is 2.70. The van der Waals surface area contributed by atoms with Gasteiger partial charge in [0.1, 0.15) is 10.8 Å². The minimum absolute atomic E-state index is 0.219. The lowest BCUT2D eigenvalue weighted by atomic mass is 10.1. The molecule has 2 atom stereocenters. The van der Waals surface area contributed by atoms with Crippen molar-refractivity contribution in [3.05, 3.63) is 10.3 Å². The first kappa shape index (κ1) is 10.3. The van der Waals surface area contributed by atoms with Gasteiger partial charge in [0.15, 0.2) is 0 Å². The van der Waals surface area contributed by atoms with Crippen LogP contribution in [0, 0.1) is 0 Å². The second kappa shape index (κ2) is 3.72. The largest absolute Gasteiger partial charge is 0.356 e. The van der Waals surface area contributed by atoms with Crippen LogP contribution in [0.2, 0.25) is 0 Å². The summed E-state index contributed by atoms with van der Waals surface area (Å²) >= 11 is 3.48. The second-order valence-corrected chi connectivity index (χ2v) is 4.88. The van der Waals surface area contributed by atoms with Gasteiger partial charge in [-0.05, 0) is 49.3 Å². The fourth-order valence-corrected chi connectivity index (χ4v) is 2.68. The standard InChI is InChI=1S/C9H17BrN4/c1-6-8(10)12-9(14(6)11)7-4-3-5-13(7)2/h7,9,12H,3-5,11H2,1-2H3/t7-,9?/m0/s1. The molecule has 0 aliphatic carbocycles. The molecule has 14 heavy (non-hydrogen) atoms. The minimum atomic E-state index is 0.219. The van der Waals surface area contributed by atoms with Crippen molar-refractivity contribution >= 4 is 15.9 Å².